The van der Waals surface area contributed by atoms with Crippen LogP contribution in [0.1, 0.15) is 50.8 Å². The van der Waals surface area contributed by atoms with E-state index in [0.29, 0.717) is 18.3 Å². The normalized spacial score (nSPS) is 27.4. The van der Waals surface area contributed by atoms with Gasteiger partial charge in [-0.15, -0.1) is 10.2 Å². The van der Waals surface area contributed by atoms with Crippen molar-refractivity contribution >= 4 is 5.91 Å². The van der Waals surface area contributed by atoms with E-state index in [9.17, 15) is 4.79 Å². The molecule has 6 nitrogen and oxygen atoms in total. The van der Waals surface area contributed by atoms with Crippen LogP contribution in [0.3, 0.4) is 0 Å². The summed E-state index contributed by atoms with van der Waals surface area (Å²) >= 11 is 0. The van der Waals surface area contributed by atoms with Crippen LogP contribution in [0.25, 0.3) is 0 Å². The van der Waals surface area contributed by atoms with E-state index >= 15 is 0 Å². The maximum atomic E-state index is 12.0. The Labute approximate surface area is 118 Å². The smallest absolute Gasteiger partial charge is 0.230 e. The first-order valence-corrected chi connectivity index (χ1v) is 7.47. The van der Waals surface area contributed by atoms with Gasteiger partial charge >= 0.3 is 0 Å². The molecule has 2 fully saturated rings. The van der Waals surface area contributed by atoms with Gasteiger partial charge in [0.2, 0.25) is 17.7 Å². The van der Waals surface area contributed by atoms with Crippen LogP contribution in [0.15, 0.2) is 4.42 Å². The average Bonchev–Trinajstić information content (AvgIpc) is 2.69. The van der Waals surface area contributed by atoms with Gasteiger partial charge in [0.15, 0.2) is 0 Å². The molecular formula is C14H22N4O2. The third kappa shape index (κ3) is 2.85. The van der Waals surface area contributed by atoms with E-state index in [4.69, 9.17) is 4.42 Å². The number of aromatic nitrogens is 2. The van der Waals surface area contributed by atoms with E-state index < -0.39 is 0 Å². The highest BCUT2D eigenvalue weighted by Gasteiger charge is 2.32. The van der Waals surface area contributed by atoms with Crippen molar-refractivity contribution in [3.05, 3.63) is 11.8 Å². The number of nitrogens with one attached hydrogen (secondary N) is 1. The molecule has 0 aliphatic carbocycles. The Balaban J connectivity index is 1.69. The zero-order valence-corrected chi connectivity index (χ0v) is 12.1. The Hall–Kier alpha value is -1.43. The summed E-state index contributed by atoms with van der Waals surface area (Å²) in [5.41, 5.74) is 0. The zero-order valence-electron chi connectivity index (χ0n) is 12.1. The lowest BCUT2D eigenvalue weighted by Crippen LogP contribution is -2.38. The second-order valence-electron chi connectivity index (χ2n) is 6.22. The third-order valence-corrected chi connectivity index (χ3v) is 4.11. The molecule has 3 heterocycles. The van der Waals surface area contributed by atoms with Crippen LogP contribution in [0.2, 0.25) is 0 Å². The minimum Gasteiger partial charge on any atom is -0.424 e. The van der Waals surface area contributed by atoms with E-state index in [1.54, 1.807) is 0 Å². The van der Waals surface area contributed by atoms with Crippen LogP contribution in [-0.4, -0.2) is 40.1 Å². The monoisotopic (exact) mass is 278 g/mol. The van der Waals surface area contributed by atoms with Gasteiger partial charge in [0.05, 0.1) is 12.5 Å². The topological polar surface area (TPSA) is 71.3 Å². The highest BCUT2D eigenvalue weighted by Crippen LogP contribution is 2.23. The molecule has 2 bridgehead atoms. The van der Waals surface area contributed by atoms with Gasteiger partial charge in [-0.3, -0.25) is 9.69 Å². The molecule has 6 heteroatoms. The van der Waals surface area contributed by atoms with Crippen molar-refractivity contribution in [3.63, 3.8) is 0 Å². The molecule has 20 heavy (non-hydrogen) atoms. The molecule has 0 saturated carbocycles. The van der Waals surface area contributed by atoms with Gasteiger partial charge in [0.1, 0.15) is 0 Å². The molecule has 1 amide bonds. The molecule has 3 rings (SSSR count). The third-order valence-electron chi connectivity index (χ3n) is 4.11. The molecule has 0 aromatic carbocycles. The fraction of sp³-hybridized carbons (Fsp3) is 0.786. The lowest BCUT2D eigenvalue weighted by molar-refractivity contribution is -0.124. The number of likely N-dealkylation sites (tertiary alicyclic amines) is 1. The Morgan fingerprint density at radius 3 is 2.95 bits per heavy atom. The lowest BCUT2D eigenvalue weighted by atomic mass is 9.99. The van der Waals surface area contributed by atoms with E-state index in [0.717, 1.165) is 32.4 Å². The van der Waals surface area contributed by atoms with Gasteiger partial charge in [0, 0.05) is 25.0 Å². The first-order valence-electron chi connectivity index (χ1n) is 7.47. The number of nitrogens with zero attached hydrogens (tertiary/aromatic N) is 3. The number of carbonyl (C=O) groups is 1. The summed E-state index contributed by atoms with van der Waals surface area (Å²) in [6, 6.07) is 0.266. The summed E-state index contributed by atoms with van der Waals surface area (Å²) in [4.78, 5) is 14.3. The Morgan fingerprint density at radius 1 is 1.35 bits per heavy atom. The summed E-state index contributed by atoms with van der Waals surface area (Å²) in [6.45, 7) is 6.39. The second kappa shape index (κ2) is 5.52. The van der Waals surface area contributed by atoms with Crippen molar-refractivity contribution in [2.75, 3.05) is 13.1 Å². The molecule has 2 saturated heterocycles. The zero-order chi connectivity index (χ0) is 14.1. The van der Waals surface area contributed by atoms with Gasteiger partial charge in [-0.2, -0.15) is 0 Å². The minimum atomic E-state index is 0.106. The highest BCUT2D eigenvalue weighted by molar-refractivity contribution is 5.79. The number of fused-ring (bicyclic) bond motifs is 3. The molecule has 0 unspecified atom stereocenters. The first kappa shape index (κ1) is 13.5. The number of rotatable bonds is 3. The van der Waals surface area contributed by atoms with Crippen LogP contribution in [-0.2, 0) is 11.3 Å². The number of amides is 1. The Bertz CT molecular complexity index is 485. The van der Waals surface area contributed by atoms with Gasteiger partial charge < -0.3 is 9.73 Å². The summed E-state index contributed by atoms with van der Waals surface area (Å²) < 4.78 is 5.67. The van der Waals surface area contributed by atoms with Gasteiger partial charge in [-0.1, -0.05) is 20.3 Å². The van der Waals surface area contributed by atoms with Crippen molar-refractivity contribution in [1.29, 1.82) is 0 Å². The lowest BCUT2D eigenvalue weighted by Gasteiger charge is -2.25. The fourth-order valence-corrected chi connectivity index (χ4v) is 3.03. The molecule has 2 aliphatic heterocycles. The van der Waals surface area contributed by atoms with E-state index in [2.05, 4.69) is 20.4 Å². The van der Waals surface area contributed by atoms with Gasteiger partial charge in [0.25, 0.3) is 0 Å². The summed E-state index contributed by atoms with van der Waals surface area (Å²) in [5.74, 6) is 1.91. The van der Waals surface area contributed by atoms with Crippen LogP contribution < -0.4 is 5.32 Å². The van der Waals surface area contributed by atoms with Crippen molar-refractivity contribution in [3.8, 4) is 0 Å². The maximum absolute atomic E-state index is 12.0. The van der Waals surface area contributed by atoms with E-state index in [-0.39, 0.29) is 23.8 Å². The van der Waals surface area contributed by atoms with Crippen LogP contribution >= 0.6 is 0 Å². The Morgan fingerprint density at radius 2 is 2.20 bits per heavy atom. The first-order chi connectivity index (χ1) is 9.61. The number of carbonyl (C=O) groups excluding carboxylic acids is 1. The van der Waals surface area contributed by atoms with Crippen LogP contribution in [0.4, 0.5) is 0 Å². The standard InChI is InChI=1S/C14H22N4O2/c1-9(2)14-17-16-12(20-14)8-18-6-10-4-3-5-11(7-18)15-13(10)19/h9-11H,3-8H2,1-2H3,(H,15,19)/t10-,11+/m1/s1. The number of hydrogen-bond acceptors (Lipinski definition) is 5. The van der Waals surface area contributed by atoms with Gasteiger partial charge in [-0.05, 0) is 12.8 Å². The molecule has 0 radical (unpaired) electrons. The summed E-state index contributed by atoms with van der Waals surface area (Å²) in [6.07, 6.45) is 3.19. The van der Waals surface area contributed by atoms with Crippen molar-refractivity contribution in [1.82, 2.24) is 20.4 Å². The quantitative estimate of drug-likeness (QED) is 0.902. The predicted octanol–water partition coefficient (Wildman–Crippen LogP) is 1.29. The number of hydrogen-bond donors (Lipinski definition) is 1. The van der Waals surface area contributed by atoms with Crippen molar-refractivity contribution in [2.24, 2.45) is 5.92 Å². The van der Waals surface area contributed by atoms with Crippen LogP contribution in [0.5, 0.6) is 0 Å². The highest BCUT2D eigenvalue weighted by atomic mass is 16.4. The SMILES string of the molecule is CC(C)c1nnc(CN2C[C@@H]3CCC[C@H](C2)C(=O)N3)o1. The molecule has 2 aliphatic rings. The average molecular weight is 278 g/mol. The van der Waals surface area contributed by atoms with Gasteiger partial charge in [-0.25, -0.2) is 0 Å². The molecule has 1 N–H and O–H groups in total. The Kier molecular flexibility index (Phi) is 3.74. The molecule has 0 spiro atoms. The minimum absolute atomic E-state index is 0.106. The predicted molar refractivity (Wildman–Crippen MR) is 72.9 cm³/mol. The van der Waals surface area contributed by atoms with Crippen molar-refractivity contribution in [2.45, 2.75) is 51.6 Å². The molecule has 2 atom stereocenters. The molecule has 1 aromatic heterocycles. The fourth-order valence-electron chi connectivity index (χ4n) is 3.03. The van der Waals surface area contributed by atoms with E-state index in [1.807, 2.05) is 13.8 Å². The molecule has 110 valence electrons. The molecule has 1 aromatic rings. The largest absolute Gasteiger partial charge is 0.424 e. The maximum Gasteiger partial charge on any atom is 0.230 e. The summed E-state index contributed by atoms with van der Waals surface area (Å²) in [7, 11) is 0. The molecular weight excluding hydrogens is 256 g/mol. The van der Waals surface area contributed by atoms with E-state index in [1.165, 1.54) is 0 Å². The van der Waals surface area contributed by atoms with Crippen LogP contribution in [0, 0.1) is 5.92 Å². The summed E-state index contributed by atoms with van der Waals surface area (Å²) in [5, 5.41) is 11.3. The van der Waals surface area contributed by atoms with Crippen molar-refractivity contribution < 1.29 is 9.21 Å². The second-order valence-corrected chi connectivity index (χ2v) is 6.22.